The maximum Gasteiger partial charge on any atom is 0.0110 e. The van der Waals surface area contributed by atoms with Gasteiger partial charge < -0.3 is 10.6 Å². The molecule has 1 aliphatic heterocycles. The monoisotopic (exact) mass is 250 g/mol. The molecular weight excluding hydrogens is 220 g/mol. The molecule has 2 nitrogen and oxygen atoms in total. The molecule has 0 radical (unpaired) electrons. The van der Waals surface area contributed by atoms with Crippen LogP contribution in [0.3, 0.4) is 0 Å². The van der Waals surface area contributed by atoms with Gasteiger partial charge in [0.2, 0.25) is 0 Å². The van der Waals surface area contributed by atoms with Gasteiger partial charge in [0.15, 0.2) is 0 Å². The van der Waals surface area contributed by atoms with Crippen molar-refractivity contribution in [1.29, 1.82) is 0 Å². The van der Waals surface area contributed by atoms with Crippen LogP contribution in [-0.2, 0) is 0 Å². The summed E-state index contributed by atoms with van der Waals surface area (Å²) in [6, 6.07) is 1.61. The number of hydrogen-bond acceptors (Lipinski definition) is 2. The van der Waals surface area contributed by atoms with Crippen LogP contribution in [0.15, 0.2) is 0 Å². The average Bonchev–Trinajstić information content (AvgIpc) is 2.78. The van der Waals surface area contributed by atoms with E-state index in [0.717, 1.165) is 23.9 Å². The Bertz CT molecular complexity index is 281. The summed E-state index contributed by atoms with van der Waals surface area (Å²) in [4.78, 5) is 0. The maximum atomic E-state index is 3.91. The van der Waals surface area contributed by atoms with E-state index in [4.69, 9.17) is 0 Å². The molecule has 2 N–H and O–H groups in total. The molecule has 0 bridgehead atoms. The van der Waals surface area contributed by atoms with Crippen LogP contribution in [0, 0.1) is 17.3 Å². The molecule has 4 atom stereocenters. The summed E-state index contributed by atoms with van der Waals surface area (Å²) in [5.74, 6) is 1.85. The van der Waals surface area contributed by atoms with E-state index >= 15 is 0 Å². The third-order valence-corrected chi connectivity index (χ3v) is 5.78. The van der Waals surface area contributed by atoms with Crippen LogP contribution in [0.5, 0.6) is 0 Å². The molecule has 3 rings (SSSR count). The molecule has 0 amide bonds. The first-order valence-electron chi connectivity index (χ1n) is 8.13. The van der Waals surface area contributed by atoms with Gasteiger partial charge >= 0.3 is 0 Å². The molecular formula is C16H30N2. The summed E-state index contributed by atoms with van der Waals surface area (Å²) < 4.78 is 0. The highest BCUT2D eigenvalue weighted by Crippen LogP contribution is 2.51. The lowest BCUT2D eigenvalue weighted by atomic mass is 9.88. The van der Waals surface area contributed by atoms with E-state index < -0.39 is 0 Å². The summed E-state index contributed by atoms with van der Waals surface area (Å²) in [5, 5.41) is 7.68. The fourth-order valence-electron chi connectivity index (χ4n) is 4.19. The van der Waals surface area contributed by atoms with Crippen LogP contribution >= 0.6 is 0 Å². The molecule has 2 saturated carbocycles. The van der Waals surface area contributed by atoms with Crippen LogP contribution in [0.4, 0.5) is 0 Å². The van der Waals surface area contributed by atoms with E-state index in [1.807, 2.05) is 0 Å². The van der Waals surface area contributed by atoms with Crippen LogP contribution in [-0.4, -0.2) is 25.2 Å². The quantitative estimate of drug-likeness (QED) is 0.801. The molecule has 3 aliphatic rings. The van der Waals surface area contributed by atoms with Crippen molar-refractivity contribution in [2.45, 2.75) is 70.9 Å². The van der Waals surface area contributed by atoms with E-state index in [-0.39, 0.29) is 0 Å². The lowest BCUT2D eigenvalue weighted by Crippen LogP contribution is -2.47. The van der Waals surface area contributed by atoms with Gasteiger partial charge in [-0.2, -0.15) is 0 Å². The lowest BCUT2D eigenvalue weighted by Gasteiger charge is -2.33. The minimum absolute atomic E-state index is 0.629. The molecule has 0 aromatic rings. The number of nitrogens with one attached hydrogen (secondary N) is 2. The fraction of sp³-hybridized carbons (Fsp3) is 1.00. The van der Waals surface area contributed by atoms with E-state index in [1.54, 1.807) is 0 Å². The average molecular weight is 250 g/mol. The van der Waals surface area contributed by atoms with Crippen molar-refractivity contribution in [3.05, 3.63) is 0 Å². The lowest BCUT2D eigenvalue weighted by molar-refractivity contribution is 0.255. The van der Waals surface area contributed by atoms with Crippen molar-refractivity contribution in [2.75, 3.05) is 13.1 Å². The zero-order valence-corrected chi connectivity index (χ0v) is 12.2. The third-order valence-electron chi connectivity index (χ3n) is 5.78. The van der Waals surface area contributed by atoms with E-state index in [2.05, 4.69) is 24.5 Å². The van der Waals surface area contributed by atoms with Gasteiger partial charge in [-0.1, -0.05) is 26.7 Å². The highest BCUT2D eigenvalue weighted by molar-refractivity contribution is 4.98. The summed E-state index contributed by atoms with van der Waals surface area (Å²) in [5.41, 5.74) is 0.629. The molecule has 18 heavy (non-hydrogen) atoms. The SMILES string of the molecule is CC1(C)CC1CNC1CCCC1C1CCCCN1. The Morgan fingerprint density at radius 2 is 1.94 bits per heavy atom. The predicted octanol–water partition coefficient (Wildman–Crippen LogP) is 2.93. The van der Waals surface area contributed by atoms with Crippen molar-refractivity contribution < 1.29 is 0 Å². The van der Waals surface area contributed by atoms with Crippen LogP contribution < -0.4 is 10.6 Å². The molecule has 0 spiro atoms. The molecule has 2 aliphatic carbocycles. The van der Waals surface area contributed by atoms with E-state index in [0.29, 0.717) is 5.41 Å². The zero-order valence-electron chi connectivity index (χ0n) is 12.2. The Labute approximate surface area is 112 Å². The summed E-state index contributed by atoms with van der Waals surface area (Å²) in [6.07, 6.45) is 9.97. The maximum absolute atomic E-state index is 3.91. The third kappa shape index (κ3) is 2.75. The van der Waals surface area contributed by atoms with Gasteiger partial charge in [0, 0.05) is 12.1 Å². The molecule has 4 unspecified atom stereocenters. The first-order valence-corrected chi connectivity index (χ1v) is 8.13. The van der Waals surface area contributed by atoms with Crippen LogP contribution in [0.2, 0.25) is 0 Å². The first-order chi connectivity index (χ1) is 8.67. The van der Waals surface area contributed by atoms with Crippen molar-refractivity contribution in [1.82, 2.24) is 10.6 Å². The Hall–Kier alpha value is -0.0800. The van der Waals surface area contributed by atoms with Gasteiger partial charge in [-0.15, -0.1) is 0 Å². The molecule has 1 heterocycles. The second-order valence-corrected chi connectivity index (χ2v) is 7.56. The topological polar surface area (TPSA) is 24.1 Å². The van der Waals surface area contributed by atoms with Crippen LogP contribution in [0.25, 0.3) is 0 Å². The second-order valence-electron chi connectivity index (χ2n) is 7.56. The highest BCUT2D eigenvalue weighted by atomic mass is 15.0. The van der Waals surface area contributed by atoms with Crippen LogP contribution in [0.1, 0.15) is 58.8 Å². The fourth-order valence-corrected chi connectivity index (χ4v) is 4.19. The molecule has 3 fully saturated rings. The van der Waals surface area contributed by atoms with Gasteiger partial charge in [0.25, 0.3) is 0 Å². The van der Waals surface area contributed by atoms with E-state index in [9.17, 15) is 0 Å². The Morgan fingerprint density at radius 3 is 2.61 bits per heavy atom. The van der Waals surface area contributed by atoms with Gasteiger partial charge in [-0.25, -0.2) is 0 Å². The van der Waals surface area contributed by atoms with Gasteiger partial charge in [0.1, 0.15) is 0 Å². The largest absolute Gasteiger partial charge is 0.314 e. The highest BCUT2D eigenvalue weighted by Gasteiger charge is 2.45. The van der Waals surface area contributed by atoms with Crippen molar-refractivity contribution in [3.63, 3.8) is 0 Å². The number of rotatable bonds is 4. The minimum atomic E-state index is 0.629. The molecule has 104 valence electrons. The second kappa shape index (κ2) is 5.13. The Kier molecular flexibility index (Phi) is 3.68. The Balaban J connectivity index is 1.48. The molecule has 2 heteroatoms. The first kappa shape index (κ1) is 12.9. The molecule has 0 aromatic carbocycles. The number of hydrogen-bond donors (Lipinski definition) is 2. The zero-order chi connectivity index (χ0) is 12.6. The summed E-state index contributed by atoms with van der Waals surface area (Å²) in [7, 11) is 0. The van der Waals surface area contributed by atoms with Gasteiger partial charge in [0.05, 0.1) is 0 Å². The van der Waals surface area contributed by atoms with Crippen molar-refractivity contribution >= 4 is 0 Å². The minimum Gasteiger partial charge on any atom is -0.314 e. The van der Waals surface area contributed by atoms with Gasteiger partial charge in [-0.05, 0) is 62.4 Å². The summed E-state index contributed by atoms with van der Waals surface area (Å²) >= 11 is 0. The standard InChI is InChI=1S/C16H30N2/c1-16(2)10-12(16)11-18-15-8-5-6-13(15)14-7-3-4-9-17-14/h12-15,17-18H,3-11H2,1-2H3. The van der Waals surface area contributed by atoms with E-state index in [1.165, 1.54) is 58.0 Å². The summed E-state index contributed by atoms with van der Waals surface area (Å²) in [6.45, 7) is 7.34. The predicted molar refractivity (Wildman–Crippen MR) is 76.7 cm³/mol. The molecule has 0 aromatic heterocycles. The van der Waals surface area contributed by atoms with Crippen molar-refractivity contribution in [2.24, 2.45) is 17.3 Å². The van der Waals surface area contributed by atoms with Crippen molar-refractivity contribution in [3.8, 4) is 0 Å². The number of piperidine rings is 1. The Morgan fingerprint density at radius 1 is 1.11 bits per heavy atom. The molecule has 1 saturated heterocycles. The van der Waals surface area contributed by atoms with Gasteiger partial charge in [-0.3, -0.25) is 0 Å². The normalized spacial score (nSPS) is 43.0. The smallest absolute Gasteiger partial charge is 0.0110 e.